The number of sulfone groups is 1. The fraction of sp³-hybridized carbons (Fsp3) is 0.222. The third kappa shape index (κ3) is 4.92. The first-order valence-electron chi connectivity index (χ1n) is 11.8. The largest absolute Gasteiger partial charge is 0.494 e. The first-order chi connectivity index (χ1) is 18.4. The van der Waals surface area contributed by atoms with Crippen molar-refractivity contribution in [2.45, 2.75) is 16.8 Å². The number of fused-ring (bicyclic) bond motifs is 1. The van der Waals surface area contributed by atoms with Crippen molar-refractivity contribution in [1.82, 2.24) is 4.98 Å². The van der Waals surface area contributed by atoms with Gasteiger partial charge in [-0.15, -0.1) is 0 Å². The Kier molecular flexibility index (Phi) is 7.01. The predicted molar refractivity (Wildman–Crippen MR) is 139 cm³/mol. The van der Waals surface area contributed by atoms with Gasteiger partial charge in [-0.2, -0.15) is 4.98 Å². The predicted octanol–water partition coefficient (Wildman–Crippen LogP) is 5.11. The summed E-state index contributed by atoms with van der Waals surface area (Å²) in [6, 6.07) is 16.5. The number of anilines is 2. The van der Waals surface area contributed by atoms with E-state index < -0.39 is 9.84 Å². The van der Waals surface area contributed by atoms with Gasteiger partial charge < -0.3 is 33.4 Å². The van der Waals surface area contributed by atoms with Gasteiger partial charge in [-0.1, -0.05) is 0 Å². The summed E-state index contributed by atoms with van der Waals surface area (Å²) in [6.45, 7) is 3.15. The molecule has 1 aliphatic heterocycles. The van der Waals surface area contributed by atoms with Crippen molar-refractivity contribution in [3.05, 3.63) is 60.7 Å². The highest BCUT2D eigenvalue weighted by molar-refractivity contribution is 7.91. The van der Waals surface area contributed by atoms with E-state index in [1.165, 1.54) is 26.4 Å². The van der Waals surface area contributed by atoms with Crippen LogP contribution in [-0.4, -0.2) is 47.4 Å². The van der Waals surface area contributed by atoms with Crippen molar-refractivity contribution in [2.75, 3.05) is 39.4 Å². The molecule has 0 atom stereocenters. The van der Waals surface area contributed by atoms with Crippen molar-refractivity contribution in [1.29, 1.82) is 0 Å². The fourth-order valence-corrected chi connectivity index (χ4v) is 5.17. The zero-order valence-electron chi connectivity index (χ0n) is 21.0. The molecular formula is C27H26N2O8S. The van der Waals surface area contributed by atoms with Crippen molar-refractivity contribution in [3.8, 4) is 40.2 Å². The smallest absolute Gasteiger partial charge is 0.238 e. The average Bonchev–Trinajstić information content (AvgIpc) is 3.38. The van der Waals surface area contributed by atoms with E-state index in [2.05, 4.69) is 10.3 Å². The number of methoxy groups -OCH3 is 2. The zero-order valence-corrected chi connectivity index (χ0v) is 21.8. The van der Waals surface area contributed by atoms with Crippen molar-refractivity contribution in [2.24, 2.45) is 0 Å². The van der Waals surface area contributed by atoms with Crippen LogP contribution in [0.15, 0.2) is 75.0 Å². The maximum absolute atomic E-state index is 13.8. The summed E-state index contributed by atoms with van der Waals surface area (Å²) in [7, 11) is -1.10. The SMILES string of the molecule is CCOc1ccc(Nc2oc(-c3ccc(OC)c(OC)c3)nc2S(=O)(=O)c2ccc3c(c2)OCCO3)cc1. The molecule has 1 N–H and O–H groups in total. The van der Waals surface area contributed by atoms with Crippen LogP contribution in [0.2, 0.25) is 0 Å². The van der Waals surface area contributed by atoms with E-state index in [9.17, 15) is 8.42 Å². The Hall–Kier alpha value is -4.38. The van der Waals surface area contributed by atoms with Crippen LogP contribution in [-0.2, 0) is 9.84 Å². The molecule has 5 rings (SSSR count). The third-order valence-electron chi connectivity index (χ3n) is 5.73. The van der Waals surface area contributed by atoms with Gasteiger partial charge in [-0.3, -0.25) is 0 Å². The highest BCUT2D eigenvalue weighted by Crippen LogP contribution is 2.39. The number of hydrogen-bond acceptors (Lipinski definition) is 10. The normalized spacial score (nSPS) is 12.6. The van der Waals surface area contributed by atoms with E-state index in [-0.39, 0.29) is 21.7 Å². The summed E-state index contributed by atoms with van der Waals surface area (Å²) in [5.74, 6) is 2.51. The Morgan fingerprint density at radius 1 is 0.895 bits per heavy atom. The Balaban J connectivity index is 1.59. The molecular weight excluding hydrogens is 512 g/mol. The molecule has 0 radical (unpaired) electrons. The molecule has 10 nitrogen and oxygen atoms in total. The minimum absolute atomic E-state index is 0.0105. The monoisotopic (exact) mass is 538 g/mol. The molecule has 2 heterocycles. The molecule has 4 aromatic rings. The van der Waals surface area contributed by atoms with E-state index >= 15 is 0 Å². The van der Waals surface area contributed by atoms with Crippen LogP contribution in [0, 0.1) is 0 Å². The molecule has 1 aromatic heterocycles. The summed E-state index contributed by atoms with van der Waals surface area (Å²) in [5.41, 5.74) is 1.09. The molecule has 0 saturated carbocycles. The lowest BCUT2D eigenvalue weighted by Gasteiger charge is -2.18. The number of aromatic nitrogens is 1. The van der Waals surface area contributed by atoms with Gasteiger partial charge in [-0.05, 0) is 61.5 Å². The van der Waals surface area contributed by atoms with Gasteiger partial charge in [0.25, 0.3) is 0 Å². The summed E-state index contributed by atoms with van der Waals surface area (Å²) in [6.07, 6.45) is 0. The summed E-state index contributed by atoms with van der Waals surface area (Å²) in [5, 5.41) is 2.76. The van der Waals surface area contributed by atoms with Crippen molar-refractivity contribution < 1.29 is 36.5 Å². The lowest BCUT2D eigenvalue weighted by Crippen LogP contribution is -2.16. The molecule has 1 aliphatic rings. The number of rotatable bonds is 9. The number of oxazole rings is 1. The third-order valence-corrected chi connectivity index (χ3v) is 7.39. The highest BCUT2D eigenvalue weighted by Gasteiger charge is 2.30. The molecule has 0 bridgehead atoms. The molecule has 0 saturated heterocycles. The number of benzene rings is 3. The molecule has 198 valence electrons. The van der Waals surface area contributed by atoms with Crippen LogP contribution in [0.3, 0.4) is 0 Å². The second-order valence-electron chi connectivity index (χ2n) is 8.11. The highest BCUT2D eigenvalue weighted by atomic mass is 32.2. The molecule has 0 fully saturated rings. The standard InChI is InChI=1S/C27H26N2O8S/c1-4-34-19-8-6-18(7-9-19)28-26-27(29-25(37-26)17-5-11-21(32-2)23(15-17)33-3)38(30,31)20-10-12-22-24(16-20)36-14-13-35-22/h5-12,15-16,28H,4,13-14H2,1-3H3. The van der Waals surface area contributed by atoms with Gasteiger partial charge in [0.2, 0.25) is 26.6 Å². The Morgan fingerprint density at radius 2 is 1.63 bits per heavy atom. The van der Waals surface area contributed by atoms with Crippen molar-refractivity contribution >= 4 is 21.4 Å². The van der Waals surface area contributed by atoms with Crippen LogP contribution in [0.5, 0.6) is 28.7 Å². The van der Waals surface area contributed by atoms with E-state index in [0.29, 0.717) is 59.8 Å². The zero-order chi connectivity index (χ0) is 26.7. The number of nitrogens with zero attached hydrogens (tertiary/aromatic N) is 1. The van der Waals surface area contributed by atoms with E-state index in [1.807, 2.05) is 6.92 Å². The average molecular weight is 539 g/mol. The van der Waals surface area contributed by atoms with Crippen LogP contribution in [0.25, 0.3) is 11.5 Å². The van der Waals surface area contributed by atoms with Gasteiger partial charge in [0, 0.05) is 17.3 Å². The van der Waals surface area contributed by atoms with E-state index in [0.717, 1.165) is 0 Å². The lowest BCUT2D eigenvalue weighted by molar-refractivity contribution is 0.171. The molecule has 0 spiro atoms. The first kappa shape index (κ1) is 25.3. The Morgan fingerprint density at radius 3 is 2.34 bits per heavy atom. The quantitative estimate of drug-likeness (QED) is 0.308. The number of ether oxygens (including phenoxy) is 5. The van der Waals surface area contributed by atoms with Gasteiger partial charge in [0.05, 0.1) is 25.7 Å². The number of nitrogens with one attached hydrogen (secondary N) is 1. The van der Waals surface area contributed by atoms with Gasteiger partial charge in [-0.25, -0.2) is 8.42 Å². The number of hydrogen-bond donors (Lipinski definition) is 1. The van der Waals surface area contributed by atoms with Gasteiger partial charge in [0.15, 0.2) is 23.0 Å². The lowest BCUT2D eigenvalue weighted by atomic mass is 10.2. The fourth-order valence-electron chi connectivity index (χ4n) is 3.89. The molecule has 11 heteroatoms. The molecule has 3 aromatic carbocycles. The topological polar surface area (TPSA) is 118 Å². The van der Waals surface area contributed by atoms with Gasteiger partial charge >= 0.3 is 0 Å². The molecule has 0 aliphatic carbocycles. The van der Waals surface area contributed by atoms with Crippen LogP contribution >= 0.6 is 0 Å². The summed E-state index contributed by atoms with van der Waals surface area (Å²) < 4.78 is 60.9. The van der Waals surface area contributed by atoms with E-state index in [4.69, 9.17) is 28.1 Å². The minimum atomic E-state index is -4.14. The molecule has 0 unspecified atom stereocenters. The Bertz CT molecular complexity index is 1550. The van der Waals surface area contributed by atoms with Crippen LogP contribution in [0.4, 0.5) is 11.6 Å². The summed E-state index contributed by atoms with van der Waals surface area (Å²) in [4.78, 5) is 4.39. The summed E-state index contributed by atoms with van der Waals surface area (Å²) >= 11 is 0. The Labute approximate surface area is 220 Å². The second-order valence-corrected chi connectivity index (χ2v) is 9.98. The molecule has 0 amide bonds. The van der Waals surface area contributed by atoms with Crippen molar-refractivity contribution in [3.63, 3.8) is 0 Å². The van der Waals surface area contributed by atoms with E-state index in [1.54, 1.807) is 48.5 Å². The maximum atomic E-state index is 13.8. The maximum Gasteiger partial charge on any atom is 0.238 e. The first-order valence-corrected chi connectivity index (χ1v) is 13.3. The second kappa shape index (κ2) is 10.5. The van der Waals surface area contributed by atoms with Gasteiger partial charge in [0.1, 0.15) is 19.0 Å². The van der Waals surface area contributed by atoms with Crippen LogP contribution < -0.4 is 29.0 Å². The molecule has 38 heavy (non-hydrogen) atoms. The minimum Gasteiger partial charge on any atom is -0.494 e. The van der Waals surface area contributed by atoms with Crippen LogP contribution in [0.1, 0.15) is 6.92 Å².